The van der Waals surface area contributed by atoms with Gasteiger partial charge in [-0.2, -0.15) is 23.7 Å². The Morgan fingerprint density at radius 3 is 0.971 bits per heavy atom. The molecular formula is C63H37F3N4. The van der Waals surface area contributed by atoms with Crippen molar-refractivity contribution in [2.24, 2.45) is 0 Å². The summed E-state index contributed by atoms with van der Waals surface area (Å²) in [6, 6.07) is 76.8. The number of nitriles is 2. The second kappa shape index (κ2) is 16.7. The maximum absolute atomic E-state index is 15.4. The lowest BCUT2D eigenvalue weighted by Gasteiger charge is -2.20. The van der Waals surface area contributed by atoms with Crippen molar-refractivity contribution in [3.8, 4) is 79.1 Å². The van der Waals surface area contributed by atoms with Crippen LogP contribution in [0.2, 0.25) is 0 Å². The molecule has 330 valence electrons. The normalized spacial score (nSPS) is 11.6. The number of hydrogen-bond donors (Lipinski definition) is 0. The molecule has 7 heteroatoms. The molecule has 0 aliphatic heterocycles. The Balaban J connectivity index is 1.26. The van der Waals surface area contributed by atoms with Crippen LogP contribution in [0.25, 0.3) is 111 Å². The van der Waals surface area contributed by atoms with Gasteiger partial charge in [0.1, 0.15) is 11.6 Å². The van der Waals surface area contributed by atoms with Gasteiger partial charge in [-0.05, 0) is 104 Å². The summed E-state index contributed by atoms with van der Waals surface area (Å²) < 4.78 is 50.4. The van der Waals surface area contributed by atoms with E-state index in [2.05, 4.69) is 78.9 Å². The molecule has 4 nitrogen and oxygen atoms in total. The summed E-state index contributed by atoms with van der Waals surface area (Å²) in [6.45, 7) is 0. The minimum absolute atomic E-state index is 0.112. The van der Waals surface area contributed by atoms with Crippen molar-refractivity contribution in [1.29, 1.82) is 10.5 Å². The molecule has 10 aromatic carbocycles. The predicted octanol–water partition coefficient (Wildman–Crippen LogP) is 17.0. The van der Waals surface area contributed by atoms with Gasteiger partial charge in [0.2, 0.25) is 0 Å². The lowest BCUT2D eigenvalue weighted by atomic mass is 9.94. The SMILES string of the molecule is N#Cc1ccc(-c2cc(-n3c4cc(-c5ccccc5)ccc4c4ccc(-c5ccccc5)cc43)c(C#N)c(-n3c4cc(-c5ccccc5)ccc4c4ccc(-c5ccccc5)cc43)c2)c(C(F)(F)F)c1. The molecule has 70 heavy (non-hydrogen) atoms. The molecule has 0 aliphatic rings. The van der Waals surface area contributed by atoms with Crippen molar-refractivity contribution in [2.45, 2.75) is 6.18 Å². The largest absolute Gasteiger partial charge is 0.417 e. The van der Waals surface area contributed by atoms with Gasteiger partial charge < -0.3 is 9.13 Å². The minimum Gasteiger partial charge on any atom is -0.308 e. The van der Waals surface area contributed by atoms with Crippen molar-refractivity contribution in [2.75, 3.05) is 0 Å². The Morgan fingerprint density at radius 2 is 0.671 bits per heavy atom. The van der Waals surface area contributed by atoms with Crippen LogP contribution < -0.4 is 0 Å². The molecule has 0 amide bonds. The molecule has 12 aromatic rings. The maximum Gasteiger partial charge on any atom is 0.417 e. The molecule has 2 heterocycles. The van der Waals surface area contributed by atoms with Crippen LogP contribution in [0.5, 0.6) is 0 Å². The fraction of sp³-hybridized carbons (Fsp3) is 0.0159. The molecule has 0 atom stereocenters. The van der Waals surface area contributed by atoms with E-state index in [1.165, 1.54) is 12.1 Å². The molecule has 0 spiro atoms. The molecule has 0 bridgehead atoms. The summed E-state index contributed by atoms with van der Waals surface area (Å²) in [5.41, 5.74) is 10.9. The molecule has 0 radical (unpaired) electrons. The van der Waals surface area contributed by atoms with E-state index in [1.807, 2.05) is 137 Å². The number of alkyl halides is 3. The number of halogens is 3. The Hall–Kier alpha value is -9.43. The molecular weight excluding hydrogens is 870 g/mol. The second-order valence-electron chi connectivity index (χ2n) is 17.4. The maximum atomic E-state index is 15.4. The predicted molar refractivity (Wildman–Crippen MR) is 277 cm³/mol. The van der Waals surface area contributed by atoms with E-state index in [9.17, 15) is 10.5 Å². The van der Waals surface area contributed by atoms with Crippen LogP contribution in [0.1, 0.15) is 16.7 Å². The Kier molecular flexibility index (Phi) is 10.0. The van der Waals surface area contributed by atoms with Crippen molar-refractivity contribution in [3.05, 3.63) is 241 Å². The van der Waals surface area contributed by atoms with Crippen LogP contribution >= 0.6 is 0 Å². The van der Waals surface area contributed by atoms with Crippen LogP contribution in [0.15, 0.2) is 224 Å². The van der Waals surface area contributed by atoms with Gasteiger partial charge in [0, 0.05) is 21.5 Å². The van der Waals surface area contributed by atoms with Gasteiger partial charge in [-0.3, -0.25) is 0 Å². The first-order valence-electron chi connectivity index (χ1n) is 22.8. The van der Waals surface area contributed by atoms with Gasteiger partial charge in [-0.1, -0.05) is 176 Å². The average molecular weight is 907 g/mol. The van der Waals surface area contributed by atoms with Crippen LogP contribution in [0.3, 0.4) is 0 Å². The average Bonchev–Trinajstić information content (AvgIpc) is 3.92. The minimum atomic E-state index is -4.82. The monoisotopic (exact) mass is 906 g/mol. The first-order valence-corrected chi connectivity index (χ1v) is 22.8. The molecule has 0 aliphatic carbocycles. The van der Waals surface area contributed by atoms with Crippen LogP contribution in [0.4, 0.5) is 13.2 Å². The zero-order valence-corrected chi connectivity index (χ0v) is 37.3. The summed E-state index contributed by atoms with van der Waals surface area (Å²) in [5.74, 6) is 0. The summed E-state index contributed by atoms with van der Waals surface area (Å²) in [6.07, 6.45) is -4.82. The van der Waals surface area contributed by atoms with Crippen molar-refractivity contribution in [3.63, 3.8) is 0 Å². The summed E-state index contributed by atoms with van der Waals surface area (Å²) in [4.78, 5) is 0. The first kappa shape index (κ1) is 42.0. The Bertz CT molecular complexity index is 3690. The quantitative estimate of drug-likeness (QED) is 0.160. The van der Waals surface area contributed by atoms with E-state index in [0.29, 0.717) is 11.4 Å². The van der Waals surface area contributed by atoms with Crippen LogP contribution in [-0.4, -0.2) is 9.13 Å². The molecule has 0 N–H and O–H groups in total. The highest BCUT2D eigenvalue weighted by Gasteiger charge is 2.35. The molecule has 0 saturated heterocycles. The lowest BCUT2D eigenvalue weighted by Crippen LogP contribution is -2.09. The van der Waals surface area contributed by atoms with Gasteiger partial charge in [-0.15, -0.1) is 0 Å². The molecule has 0 unspecified atom stereocenters. The highest BCUT2D eigenvalue weighted by molar-refractivity contribution is 6.13. The Labute approximate surface area is 401 Å². The molecule has 12 rings (SSSR count). The fourth-order valence-electron chi connectivity index (χ4n) is 10.1. The zero-order chi connectivity index (χ0) is 47.5. The van der Waals surface area contributed by atoms with Crippen molar-refractivity contribution < 1.29 is 13.2 Å². The number of benzene rings is 10. The van der Waals surface area contributed by atoms with Gasteiger partial charge in [0.05, 0.1) is 50.6 Å². The van der Waals surface area contributed by atoms with Crippen molar-refractivity contribution in [1.82, 2.24) is 9.13 Å². The smallest absolute Gasteiger partial charge is 0.308 e. The topological polar surface area (TPSA) is 57.4 Å². The van der Waals surface area contributed by atoms with E-state index in [4.69, 9.17) is 0 Å². The third kappa shape index (κ3) is 7.08. The van der Waals surface area contributed by atoms with E-state index in [1.54, 1.807) is 12.1 Å². The fourth-order valence-corrected chi connectivity index (χ4v) is 10.1. The van der Waals surface area contributed by atoms with Gasteiger partial charge in [0.25, 0.3) is 0 Å². The standard InChI is InChI=1S/C63H37F3N4/c64-63(65,66)56-31-40(38-67)21-26-50(56)49-36-61(69-57-32-45(41-13-5-1-6-14-41)22-27-51(57)52-28-23-46(33-58(52)69)42-15-7-2-8-16-42)55(39-68)62(37-49)70-59-34-47(43-17-9-3-10-18-43)24-29-53(59)54-30-25-48(35-60(54)70)44-19-11-4-12-20-44/h1-37H. The van der Waals surface area contributed by atoms with Crippen molar-refractivity contribution >= 4 is 43.6 Å². The number of rotatable bonds is 7. The molecule has 0 fully saturated rings. The Morgan fingerprint density at radius 1 is 0.329 bits per heavy atom. The zero-order valence-electron chi connectivity index (χ0n) is 37.3. The van der Waals surface area contributed by atoms with E-state index in [-0.39, 0.29) is 22.3 Å². The molecule has 2 aromatic heterocycles. The number of aromatic nitrogens is 2. The van der Waals surface area contributed by atoms with Crippen LogP contribution in [0, 0.1) is 22.7 Å². The number of fused-ring (bicyclic) bond motifs is 6. The summed E-state index contributed by atoms with van der Waals surface area (Å²) in [7, 11) is 0. The van der Waals surface area contributed by atoms with E-state index < -0.39 is 11.7 Å². The van der Waals surface area contributed by atoms with Gasteiger partial charge >= 0.3 is 6.18 Å². The lowest BCUT2D eigenvalue weighted by molar-refractivity contribution is -0.137. The number of hydrogen-bond acceptors (Lipinski definition) is 2. The third-order valence-corrected chi connectivity index (χ3v) is 13.4. The number of nitrogens with zero attached hydrogens (tertiary/aromatic N) is 4. The second-order valence-corrected chi connectivity index (χ2v) is 17.4. The highest BCUT2D eigenvalue weighted by Crippen LogP contribution is 2.45. The third-order valence-electron chi connectivity index (χ3n) is 13.4. The van der Waals surface area contributed by atoms with Gasteiger partial charge in [-0.25, -0.2) is 0 Å². The van der Waals surface area contributed by atoms with E-state index >= 15 is 13.2 Å². The summed E-state index contributed by atoms with van der Waals surface area (Å²) in [5, 5.41) is 25.3. The van der Waals surface area contributed by atoms with E-state index in [0.717, 1.165) is 94.2 Å². The highest BCUT2D eigenvalue weighted by atomic mass is 19.4. The molecule has 0 saturated carbocycles. The van der Waals surface area contributed by atoms with Gasteiger partial charge in [0.15, 0.2) is 0 Å². The van der Waals surface area contributed by atoms with Crippen LogP contribution in [-0.2, 0) is 6.18 Å². The summed E-state index contributed by atoms with van der Waals surface area (Å²) >= 11 is 0. The first-order chi connectivity index (χ1) is 34.2.